The number of allylic oxidation sites excluding steroid dienone is 2. The van der Waals surface area contributed by atoms with Gasteiger partial charge in [0.05, 0.1) is 11.9 Å². The number of rotatable bonds is 5. The molecule has 7 nitrogen and oxygen atoms in total. The van der Waals surface area contributed by atoms with Crippen molar-refractivity contribution in [1.82, 2.24) is 14.9 Å². The van der Waals surface area contributed by atoms with Gasteiger partial charge in [0.25, 0.3) is 0 Å². The van der Waals surface area contributed by atoms with E-state index in [-0.39, 0.29) is 16.7 Å². The normalized spacial score (nSPS) is 23.2. The van der Waals surface area contributed by atoms with Crippen LogP contribution < -0.4 is 4.90 Å². The number of likely N-dealkylation sites (tertiary alicyclic amines) is 1. The summed E-state index contributed by atoms with van der Waals surface area (Å²) < 4.78 is 24.8. The fourth-order valence-corrected chi connectivity index (χ4v) is 5.66. The fourth-order valence-electron chi connectivity index (χ4n) is 4.82. The molecule has 0 bridgehead atoms. The molecule has 1 aromatic rings. The predicted octanol–water partition coefficient (Wildman–Crippen LogP) is 2.93. The Hall–Kier alpha value is -1.96. The average Bonchev–Trinajstić information content (AvgIpc) is 3.26. The van der Waals surface area contributed by atoms with Gasteiger partial charge in [0, 0.05) is 44.8 Å². The maximum absolute atomic E-state index is 12.6. The molecule has 1 aromatic heterocycles. The van der Waals surface area contributed by atoms with Gasteiger partial charge < -0.3 is 9.80 Å². The molecule has 2 fully saturated rings. The highest BCUT2D eigenvalue weighted by atomic mass is 32.2. The first-order valence-corrected chi connectivity index (χ1v) is 13.1. The minimum Gasteiger partial charge on any atom is -0.343 e. The molecule has 0 aromatic carbocycles. The highest BCUT2D eigenvalue weighted by Gasteiger charge is 2.30. The minimum absolute atomic E-state index is 0.0386. The number of hydrogen-bond acceptors (Lipinski definition) is 6. The number of carbonyl (C=O) groups is 1. The molecule has 4 rings (SSSR count). The molecular weight excluding hydrogens is 400 g/mol. The molecule has 3 aliphatic rings. The second-order valence-electron chi connectivity index (χ2n) is 8.86. The van der Waals surface area contributed by atoms with E-state index in [0.29, 0.717) is 37.1 Å². The zero-order valence-corrected chi connectivity index (χ0v) is 18.6. The third-order valence-electron chi connectivity index (χ3n) is 6.59. The van der Waals surface area contributed by atoms with Crippen molar-refractivity contribution in [1.29, 1.82) is 0 Å². The number of carbonyl (C=O) groups excluding carboxylic acids is 1. The van der Waals surface area contributed by atoms with Crippen molar-refractivity contribution >= 4 is 21.7 Å². The summed E-state index contributed by atoms with van der Waals surface area (Å²) >= 11 is 0. The van der Waals surface area contributed by atoms with Gasteiger partial charge in [-0.3, -0.25) is 4.79 Å². The Morgan fingerprint density at radius 1 is 1.10 bits per heavy atom. The second-order valence-corrected chi connectivity index (χ2v) is 10.8. The second kappa shape index (κ2) is 9.04. The van der Waals surface area contributed by atoms with Crippen molar-refractivity contribution in [3.8, 4) is 0 Å². The van der Waals surface area contributed by atoms with Crippen LogP contribution in [-0.2, 0) is 14.6 Å². The first kappa shape index (κ1) is 21.3. The van der Waals surface area contributed by atoms with Crippen molar-refractivity contribution < 1.29 is 13.2 Å². The largest absolute Gasteiger partial charge is 0.343 e. The molecule has 0 radical (unpaired) electrons. The van der Waals surface area contributed by atoms with Crippen molar-refractivity contribution in [2.75, 3.05) is 37.3 Å². The van der Waals surface area contributed by atoms with E-state index >= 15 is 0 Å². The zero-order valence-electron chi connectivity index (χ0n) is 17.8. The van der Waals surface area contributed by atoms with Gasteiger partial charge in [-0.1, -0.05) is 12.2 Å². The Labute approximate surface area is 179 Å². The first-order valence-electron chi connectivity index (χ1n) is 11.2. The SMILES string of the molecule is CS(=O)(=O)c1cnc(N2CCCCC2)nc1C1CCN(C(=O)C[C@@H]2C=CCC2)CC1. The van der Waals surface area contributed by atoms with Crippen LogP contribution in [0.5, 0.6) is 0 Å². The third kappa shape index (κ3) is 4.85. The lowest BCUT2D eigenvalue weighted by Gasteiger charge is -2.33. The van der Waals surface area contributed by atoms with Crippen LogP contribution in [0.3, 0.4) is 0 Å². The maximum atomic E-state index is 12.6. The van der Waals surface area contributed by atoms with E-state index in [1.807, 2.05) is 4.90 Å². The zero-order chi connectivity index (χ0) is 21.1. The molecule has 0 N–H and O–H groups in total. The molecule has 30 heavy (non-hydrogen) atoms. The molecular formula is C22H32N4O3S. The van der Waals surface area contributed by atoms with E-state index < -0.39 is 9.84 Å². The number of sulfone groups is 1. The van der Waals surface area contributed by atoms with E-state index in [4.69, 9.17) is 4.98 Å². The van der Waals surface area contributed by atoms with Crippen molar-refractivity contribution in [3.05, 3.63) is 24.0 Å². The number of amides is 1. The van der Waals surface area contributed by atoms with Crippen LogP contribution in [0.4, 0.5) is 5.95 Å². The summed E-state index contributed by atoms with van der Waals surface area (Å²) in [7, 11) is -3.41. The van der Waals surface area contributed by atoms with Gasteiger partial charge in [-0.25, -0.2) is 18.4 Å². The van der Waals surface area contributed by atoms with Crippen LogP contribution in [0.1, 0.15) is 63.0 Å². The predicted molar refractivity (Wildman–Crippen MR) is 116 cm³/mol. The maximum Gasteiger partial charge on any atom is 0.225 e. The summed E-state index contributed by atoms with van der Waals surface area (Å²) in [6, 6.07) is 0. The summed E-state index contributed by atoms with van der Waals surface area (Å²) in [5.41, 5.74) is 0.638. The van der Waals surface area contributed by atoms with E-state index in [1.54, 1.807) is 0 Å². The lowest BCUT2D eigenvalue weighted by molar-refractivity contribution is -0.132. The number of hydrogen-bond donors (Lipinski definition) is 0. The molecule has 2 saturated heterocycles. The van der Waals surface area contributed by atoms with Gasteiger partial charge >= 0.3 is 0 Å². The molecule has 0 unspecified atom stereocenters. The molecule has 164 valence electrons. The van der Waals surface area contributed by atoms with Crippen molar-refractivity contribution in [2.45, 2.75) is 62.2 Å². The molecule has 8 heteroatoms. The number of piperidine rings is 2. The fraction of sp³-hybridized carbons (Fsp3) is 0.682. The minimum atomic E-state index is -3.41. The van der Waals surface area contributed by atoms with Crippen LogP contribution >= 0.6 is 0 Å². The molecule has 1 atom stereocenters. The Balaban J connectivity index is 1.48. The molecule has 3 heterocycles. The summed E-state index contributed by atoms with van der Waals surface area (Å²) in [5, 5.41) is 0. The lowest BCUT2D eigenvalue weighted by atomic mass is 9.92. The molecule has 2 aliphatic heterocycles. The van der Waals surface area contributed by atoms with Gasteiger partial charge in [-0.05, 0) is 50.9 Å². The van der Waals surface area contributed by atoms with Crippen LogP contribution in [-0.4, -0.2) is 61.6 Å². The van der Waals surface area contributed by atoms with E-state index in [1.165, 1.54) is 18.9 Å². The summed E-state index contributed by atoms with van der Waals surface area (Å²) in [4.78, 5) is 26.1. The Bertz CT molecular complexity index is 901. The monoisotopic (exact) mass is 432 g/mol. The van der Waals surface area contributed by atoms with Gasteiger partial charge in [0.1, 0.15) is 4.90 Å². The Kier molecular flexibility index (Phi) is 6.41. The summed E-state index contributed by atoms with van der Waals surface area (Å²) in [5.74, 6) is 1.27. The highest BCUT2D eigenvalue weighted by Crippen LogP contribution is 2.33. The van der Waals surface area contributed by atoms with E-state index in [2.05, 4.69) is 22.0 Å². The average molecular weight is 433 g/mol. The number of nitrogens with zero attached hydrogens (tertiary/aromatic N) is 4. The Morgan fingerprint density at radius 2 is 1.83 bits per heavy atom. The highest BCUT2D eigenvalue weighted by molar-refractivity contribution is 7.90. The van der Waals surface area contributed by atoms with Gasteiger partial charge in [-0.2, -0.15) is 0 Å². The topological polar surface area (TPSA) is 83.5 Å². The summed E-state index contributed by atoms with van der Waals surface area (Å²) in [6.45, 7) is 3.15. The molecule has 0 spiro atoms. The van der Waals surface area contributed by atoms with E-state index in [9.17, 15) is 13.2 Å². The summed E-state index contributed by atoms with van der Waals surface area (Å²) in [6.07, 6.45) is 14.7. The van der Waals surface area contributed by atoms with Crippen LogP contribution in [0.25, 0.3) is 0 Å². The molecule has 1 aliphatic carbocycles. The van der Waals surface area contributed by atoms with Crippen molar-refractivity contribution in [3.63, 3.8) is 0 Å². The smallest absolute Gasteiger partial charge is 0.225 e. The van der Waals surface area contributed by atoms with E-state index in [0.717, 1.165) is 51.6 Å². The van der Waals surface area contributed by atoms with Gasteiger partial charge in [-0.15, -0.1) is 0 Å². The Morgan fingerprint density at radius 3 is 2.47 bits per heavy atom. The molecule has 1 amide bonds. The third-order valence-corrected chi connectivity index (χ3v) is 7.71. The van der Waals surface area contributed by atoms with Crippen LogP contribution in [0, 0.1) is 5.92 Å². The number of aromatic nitrogens is 2. The van der Waals surface area contributed by atoms with Crippen LogP contribution in [0.15, 0.2) is 23.2 Å². The lowest BCUT2D eigenvalue weighted by Crippen LogP contribution is -2.39. The first-order chi connectivity index (χ1) is 14.4. The van der Waals surface area contributed by atoms with Crippen molar-refractivity contribution in [2.24, 2.45) is 5.92 Å². The molecule has 0 saturated carbocycles. The van der Waals surface area contributed by atoms with Gasteiger partial charge in [0.15, 0.2) is 9.84 Å². The standard InChI is InChI=1S/C22H32N4O3S/c1-30(28,29)19-16-23-22(26-11-5-2-6-12-26)24-21(19)18-9-13-25(14-10-18)20(27)15-17-7-3-4-8-17/h3,7,16-18H,2,4-6,8-15H2,1H3/t17-/m1/s1. The number of anilines is 1. The van der Waals surface area contributed by atoms with Gasteiger partial charge in [0.2, 0.25) is 11.9 Å². The van der Waals surface area contributed by atoms with Crippen LogP contribution in [0.2, 0.25) is 0 Å². The quantitative estimate of drug-likeness (QED) is 0.665.